The Morgan fingerprint density at radius 2 is 0.885 bits per heavy atom. The highest BCUT2D eigenvalue weighted by atomic mass is 16.3. The number of nitrogens with zero attached hydrogens (tertiary/aromatic N) is 2. The van der Waals surface area contributed by atoms with E-state index < -0.39 is 0 Å². The molecule has 0 bridgehead atoms. The third kappa shape index (κ3) is 5.66. The van der Waals surface area contributed by atoms with Crippen LogP contribution in [0.3, 0.4) is 0 Å². The molecule has 0 fully saturated rings. The Hall–Kier alpha value is -7.88. The van der Waals surface area contributed by atoms with Crippen molar-refractivity contribution in [2.45, 2.75) is 12.3 Å². The molecular formula is C58H38N2O. The number of benzene rings is 9. The fraction of sp³-hybridized carbons (Fsp3) is 0.0345. The number of rotatable bonds is 6. The van der Waals surface area contributed by atoms with Crippen molar-refractivity contribution in [2.24, 2.45) is 0 Å². The second kappa shape index (κ2) is 13.9. The summed E-state index contributed by atoms with van der Waals surface area (Å²) in [4.78, 5) is 10.4. The Bertz CT molecular complexity index is 3480. The molecule has 0 amide bonds. The molecule has 1 atom stereocenters. The van der Waals surface area contributed by atoms with Crippen LogP contribution >= 0.6 is 0 Å². The van der Waals surface area contributed by atoms with E-state index in [1.807, 2.05) is 30.3 Å². The van der Waals surface area contributed by atoms with Crippen molar-refractivity contribution in [2.75, 3.05) is 0 Å². The first-order valence-electron chi connectivity index (χ1n) is 20.9. The standard InChI is InChI=1S/C58H38N2O/c1-58(42-16-6-3-7-17-42)51-22-12-10-20-47(51)48-30-28-41(35-52(48)58)54-36-53(59-57(60-54)39-14-4-2-5-15-39)38-26-24-37(25-27-38)43-31-32-44(46-19-9-8-18-45(43)46)40-29-33-56-50(34-40)49-21-11-13-23-55(49)61-56/h2-36H,1H3. The summed E-state index contributed by atoms with van der Waals surface area (Å²) in [6.45, 7) is 2.36. The third-order valence-electron chi connectivity index (χ3n) is 12.8. The molecule has 0 spiro atoms. The van der Waals surface area contributed by atoms with E-state index in [2.05, 4.69) is 189 Å². The molecule has 3 heteroatoms. The smallest absolute Gasteiger partial charge is 0.160 e. The molecule has 0 saturated heterocycles. The van der Waals surface area contributed by atoms with Crippen LogP contribution in [-0.2, 0) is 5.41 Å². The molecule has 0 aliphatic heterocycles. The minimum atomic E-state index is -0.304. The van der Waals surface area contributed by atoms with Crippen LogP contribution in [0.2, 0.25) is 0 Å². The van der Waals surface area contributed by atoms with E-state index in [4.69, 9.17) is 14.4 Å². The van der Waals surface area contributed by atoms with Crippen LogP contribution in [0.15, 0.2) is 217 Å². The van der Waals surface area contributed by atoms with Gasteiger partial charge in [0.05, 0.1) is 11.4 Å². The summed E-state index contributed by atoms with van der Waals surface area (Å²) in [5, 5.41) is 4.69. The normalized spacial score (nSPS) is 14.4. The second-order valence-electron chi connectivity index (χ2n) is 16.2. The average Bonchev–Trinajstić information content (AvgIpc) is 3.84. The van der Waals surface area contributed by atoms with E-state index >= 15 is 0 Å². The average molecular weight is 779 g/mol. The number of hydrogen-bond donors (Lipinski definition) is 0. The lowest BCUT2D eigenvalue weighted by atomic mass is 9.74. The lowest BCUT2D eigenvalue weighted by Gasteiger charge is -2.28. The largest absolute Gasteiger partial charge is 0.456 e. The van der Waals surface area contributed by atoms with Gasteiger partial charge < -0.3 is 4.42 Å². The molecule has 1 aliphatic rings. The summed E-state index contributed by atoms with van der Waals surface area (Å²) < 4.78 is 6.15. The molecule has 3 nitrogen and oxygen atoms in total. The van der Waals surface area contributed by atoms with Crippen molar-refractivity contribution in [3.63, 3.8) is 0 Å². The van der Waals surface area contributed by atoms with Crippen molar-refractivity contribution in [3.8, 4) is 67.3 Å². The quantitative estimate of drug-likeness (QED) is 0.169. The van der Waals surface area contributed by atoms with Crippen molar-refractivity contribution in [1.29, 1.82) is 0 Å². The van der Waals surface area contributed by atoms with Gasteiger partial charge in [-0.25, -0.2) is 9.97 Å². The molecule has 0 N–H and O–H groups in total. The molecule has 1 aliphatic carbocycles. The summed E-state index contributed by atoms with van der Waals surface area (Å²) in [6, 6.07) is 75.9. The summed E-state index contributed by atoms with van der Waals surface area (Å²) in [7, 11) is 0. The van der Waals surface area contributed by atoms with Crippen molar-refractivity contribution in [3.05, 3.63) is 229 Å². The van der Waals surface area contributed by atoms with Crippen LogP contribution in [-0.4, -0.2) is 9.97 Å². The third-order valence-corrected chi connectivity index (χ3v) is 12.8. The van der Waals surface area contributed by atoms with E-state index in [1.165, 1.54) is 55.3 Å². The van der Waals surface area contributed by atoms with Crippen LogP contribution in [0.5, 0.6) is 0 Å². The first kappa shape index (κ1) is 35.1. The first-order valence-corrected chi connectivity index (χ1v) is 20.9. The number of para-hydroxylation sites is 1. The van der Waals surface area contributed by atoms with E-state index in [9.17, 15) is 0 Å². The lowest BCUT2D eigenvalue weighted by Crippen LogP contribution is -2.22. The van der Waals surface area contributed by atoms with Crippen LogP contribution in [0, 0.1) is 0 Å². The Kier molecular flexibility index (Phi) is 7.98. The molecule has 9 aromatic carbocycles. The van der Waals surface area contributed by atoms with E-state index in [0.29, 0.717) is 5.82 Å². The van der Waals surface area contributed by atoms with E-state index in [-0.39, 0.29) is 5.41 Å². The fourth-order valence-electron chi connectivity index (χ4n) is 9.71. The van der Waals surface area contributed by atoms with Crippen LogP contribution in [0.4, 0.5) is 0 Å². The van der Waals surface area contributed by atoms with Gasteiger partial charge in [-0.05, 0) is 98.1 Å². The van der Waals surface area contributed by atoms with Gasteiger partial charge in [0, 0.05) is 32.9 Å². The predicted molar refractivity (Wildman–Crippen MR) is 251 cm³/mol. The zero-order valence-corrected chi connectivity index (χ0v) is 33.5. The SMILES string of the molecule is CC1(c2ccccc2)c2ccccc2-c2ccc(-c3cc(-c4ccc(-c5ccc(-c6ccc7oc8ccccc8c7c6)c6ccccc56)cc4)nc(-c4ccccc4)n3)cc21. The maximum absolute atomic E-state index is 6.15. The molecule has 61 heavy (non-hydrogen) atoms. The number of aromatic nitrogens is 2. The number of hydrogen-bond acceptors (Lipinski definition) is 3. The predicted octanol–water partition coefficient (Wildman–Crippen LogP) is 15.2. The maximum Gasteiger partial charge on any atom is 0.160 e. The minimum Gasteiger partial charge on any atom is -0.456 e. The number of furan rings is 1. The lowest BCUT2D eigenvalue weighted by molar-refractivity contribution is 0.669. The van der Waals surface area contributed by atoms with Gasteiger partial charge in [-0.3, -0.25) is 0 Å². The number of fused-ring (bicyclic) bond motifs is 7. The Balaban J connectivity index is 0.945. The van der Waals surface area contributed by atoms with Gasteiger partial charge in [0.2, 0.25) is 0 Å². The topological polar surface area (TPSA) is 38.9 Å². The monoisotopic (exact) mass is 778 g/mol. The summed E-state index contributed by atoms with van der Waals surface area (Å²) in [6.07, 6.45) is 0. The van der Waals surface area contributed by atoms with E-state index in [1.54, 1.807) is 0 Å². The molecule has 2 aromatic heterocycles. The highest BCUT2D eigenvalue weighted by molar-refractivity contribution is 6.09. The van der Waals surface area contributed by atoms with Crippen molar-refractivity contribution >= 4 is 32.7 Å². The van der Waals surface area contributed by atoms with Crippen LogP contribution in [0.1, 0.15) is 23.6 Å². The van der Waals surface area contributed by atoms with Gasteiger partial charge in [0.15, 0.2) is 5.82 Å². The van der Waals surface area contributed by atoms with Crippen molar-refractivity contribution in [1.82, 2.24) is 9.97 Å². The molecule has 0 saturated carbocycles. The minimum absolute atomic E-state index is 0.304. The Morgan fingerprint density at radius 1 is 0.344 bits per heavy atom. The maximum atomic E-state index is 6.15. The molecule has 286 valence electrons. The molecule has 1 unspecified atom stereocenters. The van der Waals surface area contributed by atoms with Crippen molar-refractivity contribution < 1.29 is 4.42 Å². The van der Waals surface area contributed by atoms with Gasteiger partial charge in [0.1, 0.15) is 11.2 Å². The summed E-state index contributed by atoms with van der Waals surface area (Å²) in [5.41, 5.74) is 17.5. The van der Waals surface area contributed by atoms with Crippen LogP contribution < -0.4 is 0 Å². The Morgan fingerprint density at radius 3 is 1.66 bits per heavy atom. The molecule has 12 rings (SSSR count). The fourth-order valence-corrected chi connectivity index (χ4v) is 9.71. The van der Waals surface area contributed by atoms with Crippen LogP contribution in [0.25, 0.3) is 100.0 Å². The van der Waals surface area contributed by atoms with Gasteiger partial charge in [-0.2, -0.15) is 0 Å². The highest BCUT2D eigenvalue weighted by Crippen LogP contribution is 2.53. The zero-order chi connectivity index (χ0) is 40.5. The zero-order valence-electron chi connectivity index (χ0n) is 33.5. The summed E-state index contributed by atoms with van der Waals surface area (Å²) >= 11 is 0. The molecule has 11 aromatic rings. The molecule has 0 radical (unpaired) electrons. The first-order chi connectivity index (χ1) is 30.1. The van der Waals surface area contributed by atoms with Gasteiger partial charge in [-0.1, -0.05) is 182 Å². The highest BCUT2D eigenvalue weighted by Gasteiger charge is 2.40. The van der Waals surface area contributed by atoms with Gasteiger partial charge in [0.25, 0.3) is 0 Å². The second-order valence-corrected chi connectivity index (χ2v) is 16.2. The Labute approximate surface area is 354 Å². The van der Waals surface area contributed by atoms with Gasteiger partial charge >= 0.3 is 0 Å². The molecular weight excluding hydrogens is 741 g/mol. The van der Waals surface area contributed by atoms with Gasteiger partial charge in [-0.15, -0.1) is 0 Å². The summed E-state index contributed by atoms with van der Waals surface area (Å²) in [5.74, 6) is 0.704. The molecule has 2 heterocycles. The van der Waals surface area contributed by atoms with E-state index in [0.717, 1.165) is 55.6 Å².